The lowest BCUT2D eigenvalue weighted by Gasteiger charge is -2.34. The molecule has 4 aromatic rings. The van der Waals surface area contributed by atoms with E-state index in [1.54, 1.807) is 13.0 Å². The van der Waals surface area contributed by atoms with E-state index in [0.717, 1.165) is 44.5 Å². The quantitative estimate of drug-likeness (QED) is 0.278. The fourth-order valence-electron chi connectivity index (χ4n) is 5.47. The number of nitrogens with zero attached hydrogens (tertiary/aromatic N) is 2. The second-order valence-corrected chi connectivity index (χ2v) is 11.9. The van der Waals surface area contributed by atoms with Gasteiger partial charge in [0.05, 0.1) is 12.7 Å². The molecule has 1 atom stereocenters. The van der Waals surface area contributed by atoms with Gasteiger partial charge in [-0.3, -0.25) is 9.36 Å². The number of rotatable bonds is 5. The second-order valence-electron chi connectivity index (χ2n) is 9.97. The van der Waals surface area contributed by atoms with Crippen LogP contribution in [0.4, 0.5) is 13.2 Å². The number of pyridine rings is 1. The molecule has 1 aliphatic heterocycles. The van der Waals surface area contributed by atoms with Crippen LogP contribution in [0.15, 0.2) is 82.6 Å². The van der Waals surface area contributed by atoms with Crippen LogP contribution < -0.4 is 5.56 Å². The van der Waals surface area contributed by atoms with Crippen molar-refractivity contribution in [3.63, 3.8) is 0 Å². The van der Waals surface area contributed by atoms with E-state index in [0.29, 0.717) is 0 Å². The highest BCUT2D eigenvalue weighted by Gasteiger charge is 2.43. The molecule has 0 aliphatic carbocycles. The zero-order valence-electron chi connectivity index (χ0n) is 23.0. The standard InChI is InChI=1S/C31H27F3N2O5S/c1-4-9-24-25(17-20-12-7-11-19-10-5-6-15-23(19)20)27(21-13-8-14-22(16-21)31(32,33)34)29-36(28(24)37)26(30(38)41-3)18-35(2)42(29,39)40/h4-16,26H,17-18H2,1-3H3. The first-order valence-corrected chi connectivity index (χ1v) is 14.5. The van der Waals surface area contributed by atoms with Crippen LogP contribution in [0.25, 0.3) is 28.0 Å². The Balaban J connectivity index is 1.98. The van der Waals surface area contributed by atoms with Gasteiger partial charge in [-0.1, -0.05) is 66.7 Å². The molecule has 1 aliphatic rings. The van der Waals surface area contributed by atoms with Crippen molar-refractivity contribution in [3.8, 4) is 11.1 Å². The number of likely N-dealkylation sites (N-methyl/N-ethyl adjacent to an activating group) is 1. The minimum absolute atomic E-state index is 0.0256. The van der Waals surface area contributed by atoms with E-state index in [2.05, 4.69) is 0 Å². The molecule has 1 unspecified atom stereocenters. The van der Waals surface area contributed by atoms with Crippen molar-refractivity contribution < 1.29 is 31.1 Å². The summed E-state index contributed by atoms with van der Waals surface area (Å²) in [5, 5.41) is 1.18. The monoisotopic (exact) mass is 596 g/mol. The number of carbonyl (C=O) groups excluding carboxylic acids is 1. The molecule has 2 heterocycles. The first kappa shape index (κ1) is 29.3. The zero-order chi connectivity index (χ0) is 30.4. The van der Waals surface area contributed by atoms with Gasteiger partial charge in [0.25, 0.3) is 15.6 Å². The molecular weight excluding hydrogens is 569 g/mol. The Morgan fingerprint density at radius 1 is 1.07 bits per heavy atom. The molecule has 7 nitrogen and oxygen atoms in total. The number of esters is 1. The Labute approximate surface area is 240 Å². The molecule has 0 saturated heterocycles. The van der Waals surface area contributed by atoms with Crippen LogP contribution in [-0.4, -0.2) is 44.0 Å². The van der Waals surface area contributed by atoms with E-state index >= 15 is 0 Å². The summed E-state index contributed by atoms with van der Waals surface area (Å²) in [4.78, 5) is 27.0. The van der Waals surface area contributed by atoms with E-state index in [1.165, 1.54) is 25.3 Å². The molecule has 0 spiro atoms. The van der Waals surface area contributed by atoms with Crippen molar-refractivity contribution in [1.82, 2.24) is 8.87 Å². The minimum atomic E-state index is -4.71. The number of halogens is 3. The predicted octanol–water partition coefficient (Wildman–Crippen LogP) is 5.66. The Morgan fingerprint density at radius 3 is 2.45 bits per heavy atom. The van der Waals surface area contributed by atoms with E-state index in [4.69, 9.17) is 4.74 Å². The molecule has 0 N–H and O–H groups in total. The first-order chi connectivity index (χ1) is 19.9. The molecular formula is C31H27F3N2O5S. The Hall–Kier alpha value is -4.22. The molecule has 11 heteroatoms. The summed E-state index contributed by atoms with van der Waals surface area (Å²) in [7, 11) is -2.08. The van der Waals surface area contributed by atoms with Crippen LogP contribution in [0.3, 0.4) is 0 Å². The number of fused-ring (bicyclic) bond motifs is 2. The number of benzene rings is 3. The maximum atomic E-state index is 14.2. The summed E-state index contributed by atoms with van der Waals surface area (Å²) in [6, 6.07) is 16.0. The molecule has 0 fully saturated rings. The molecule has 42 heavy (non-hydrogen) atoms. The zero-order valence-corrected chi connectivity index (χ0v) is 23.8. The third-order valence-electron chi connectivity index (χ3n) is 7.44. The van der Waals surface area contributed by atoms with Gasteiger partial charge in [0.1, 0.15) is 6.04 Å². The summed E-state index contributed by atoms with van der Waals surface area (Å²) >= 11 is 0. The summed E-state index contributed by atoms with van der Waals surface area (Å²) in [5.74, 6) is -0.858. The lowest BCUT2D eigenvalue weighted by Crippen LogP contribution is -2.49. The van der Waals surface area contributed by atoms with Gasteiger partial charge in [-0.25, -0.2) is 13.2 Å². The highest BCUT2D eigenvalue weighted by atomic mass is 32.2. The Kier molecular flexibility index (Phi) is 7.59. The van der Waals surface area contributed by atoms with Crippen LogP contribution >= 0.6 is 0 Å². The maximum absolute atomic E-state index is 14.2. The predicted molar refractivity (Wildman–Crippen MR) is 153 cm³/mol. The molecule has 5 rings (SSSR count). The summed E-state index contributed by atoms with van der Waals surface area (Å²) in [5.41, 5.74) is -0.861. The average Bonchev–Trinajstić information content (AvgIpc) is 2.96. The number of ether oxygens (including phenoxy) is 1. The molecule has 0 saturated carbocycles. The van der Waals surface area contributed by atoms with Crippen LogP contribution in [0.5, 0.6) is 0 Å². The van der Waals surface area contributed by atoms with E-state index in [9.17, 15) is 31.2 Å². The van der Waals surface area contributed by atoms with Crippen LogP contribution in [0.2, 0.25) is 0 Å². The maximum Gasteiger partial charge on any atom is 0.416 e. The Morgan fingerprint density at radius 2 is 1.76 bits per heavy atom. The summed E-state index contributed by atoms with van der Waals surface area (Å²) in [6.07, 6.45) is -1.61. The van der Waals surface area contributed by atoms with Gasteiger partial charge in [-0.15, -0.1) is 0 Å². The largest absolute Gasteiger partial charge is 0.467 e. The molecule has 0 radical (unpaired) electrons. The van der Waals surface area contributed by atoms with Gasteiger partial charge in [0, 0.05) is 24.7 Å². The van der Waals surface area contributed by atoms with E-state index in [1.807, 2.05) is 42.5 Å². The smallest absolute Gasteiger partial charge is 0.416 e. The van der Waals surface area contributed by atoms with Crippen molar-refractivity contribution in [2.24, 2.45) is 0 Å². The lowest BCUT2D eigenvalue weighted by atomic mass is 9.89. The van der Waals surface area contributed by atoms with Crippen LogP contribution in [0, 0.1) is 0 Å². The number of alkyl halides is 3. The molecule has 3 aromatic carbocycles. The molecule has 0 bridgehead atoms. The highest BCUT2D eigenvalue weighted by molar-refractivity contribution is 7.89. The van der Waals surface area contributed by atoms with Gasteiger partial charge >= 0.3 is 12.1 Å². The normalized spacial score (nSPS) is 17.0. The van der Waals surface area contributed by atoms with Crippen molar-refractivity contribution in [2.75, 3.05) is 20.7 Å². The first-order valence-electron chi connectivity index (χ1n) is 13.0. The average molecular weight is 597 g/mol. The number of methoxy groups -OCH3 is 1. The van der Waals surface area contributed by atoms with Gasteiger partial charge in [0.15, 0.2) is 5.03 Å². The van der Waals surface area contributed by atoms with Gasteiger partial charge in [-0.05, 0) is 52.9 Å². The van der Waals surface area contributed by atoms with Crippen molar-refractivity contribution in [1.29, 1.82) is 0 Å². The molecule has 0 amide bonds. The van der Waals surface area contributed by atoms with Gasteiger partial charge in [-0.2, -0.15) is 17.5 Å². The summed E-state index contributed by atoms with van der Waals surface area (Å²) in [6.45, 7) is 1.28. The second kappa shape index (κ2) is 10.9. The third-order valence-corrected chi connectivity index (χ3v) is 9.30. The van der Waals surface area contributed by atoms with E-state index in [-0.39, 0.29) is 35.2 Å². The lowest BCUT2D eigenvalue weighted by molar-refractivity contribution is -0.145. The van der Waals surface area contributed by atoms with Gasteiger partial charge < -0.3 is 4.74 Å². The van der Waals surface area contributed by atoms with E-state index < -0.39 is 44.4 Å². The topological polar surface area (TPSA) is 85.7 Å². The Bertz CT molecular complexity index is 1910. The SMILES string of the molecule is CC=Cc1c(Cc2cccc3ccccc23)c(-c2cccc(C(F)(F)F)c2)c2n(c1=O)C(C(=O)OC)CN(C)S2(=O)=O. The van der Waals surface area contributed by atoms with Crippen LogP contribution in [0.1, 0.15) is 35.2 Å². The molecule has 218 valence electrons. The number of aromatic nitrogens is 1. The van der Waals surface area contributed by atoms with Crippen LogP contribution in [-0.2, 0) is 32.2 Å². The molecule has 1 aromatic heterocycles. The minimum Gasteiger partial charge on any atom is -0.467 e. The number of hydrogen-bond acceptors (Lipinski definition) is 5. The van der Waals surface area contributed by atoms with Gasteiger partial charge in [0.2, 0.25) is 0 Å². The van der Waals surface area contributed by atoms with Crippen molar-refractivity contribution >= 4 is 32.8 Å². The fraction of sp³-hybridized carbons (Fsp3) is 0.226. The fourth-order valence-corrected chi connectivity index (χ4v) is 7.06. The van der Waals surface area contributed by atoms with Crippen molar-refractivity contribution in [3.05, 3.63) is 105 Å². The van der Waals surface area contributed by atoms with Crippen molar-refractivity contribution in [2.45, 2.75) is 30.6 Å². The highest BCUT2D eigenvalue weighted by Crippen LogP contribution is 2.41. The number of allylic oxidation sites excluding steroid dienone is 1. The number of sulfonamides is 1. The number of carbonyl (C=O) groups is 1. The third kappa shape index (κ3) is 4.92. The summed E-state index contributed by atoms with van der Waals surface area (Å²) < 4.78 is 76.2. The number of hydrogen-bond donors (Lipinski definition) is 0.